The van der Waals surface area contributed by atoms with Crippen LogP contribution in [0.25, 0.3) is 0 Å². The number of esters is 4. The van der Waals surface area contributed by atoms with Crippen molar-refractivity contribution in [1.82, 2.24) is 20.0 Å². The maximum absolute atomic E-state index is 15.9. The Hall–Kier alpha value is -6.46. The fraction of sp³-hybridized carbons (Fsp3) is 0.683. The molecule has 2 aliphatic rings. The number of likely N-dealkylation sites (N-methyl/N-ethyl adjacent to an activating group) is 4. The van der Waals surface area contributed by atoms with Crippen LogP contribution >= 0.6 is 0 Å². The second kappa shape index (κ2) is 33.6. The van der Waals surface area contributed by atoms with Gasteiger partial charge in [0.2, 0.25) is 0 Å². The summed E-state index contributed by atoms with van der Waals surface area (Å²) in [5.74, 6) is -8.22. The maximum Gasteiger partial charge on any atom is 0.344 e. The van der Waals surface area contributed by atoms with Crippen LogP contribution in [0.3, 0.4) is 0 Å². The number of carbonyl (C=O) groups is 8. The largest absolute Gasteiger partial charge is 0.479 e. The molecule has 4 rings (SSSR count). The van der Waals surface area contributed by atoms with Crippen LogP contribution in [0.4, 0.5) is 20.2 Å². The first-order valence-electron chi connectivity index (χ1n) is 30.0. The number of ether oxygens (including phenoxy) is 6. The third kappa shape index (κ3) is 23.0. The number of anilines is 2. The Labute approximate surface area is 507 Å². The summed E-state index contributed by atoms with van der Waals surface area (Å²) in [6, 6.07) is 9.84. The molecule has 2 N–H and O–H groups in total. The van der Waals surface area contributed by atoms with Crippen LogP contribution in [0.1, 0.15) is 125 Å². The fourth-order valence-electron chi connectivity index (χ4n) is 10.1. The lowest BCUT2D eigenvalue weighted by Gasteiger charge is -2.35. The highest BCUT2D eigenvalue weighted by Gasteiger charge is 2.43. The van der Waals surface area contributed by atoms with Crippen LogP contribution in [-0.2, 0) is 79.6 Å². The molecule has 21 nitrogen and oxygen atoms in total. The van der Waals surface area contributed by atoms with Crippen LogP contribution in [0, 0.1) is 11.8 Å². The van der Waals surface area contributed by atoms with Gasteiger partial charge in [-0.1, -0.05) is 52.0 Å². The summed E-state index contributed by atoms with van der Waals surface area (Å²) >= 11 is 0. The van der Waals surface area contributed by atoms with E-state index in [0.717, 1.165) is 50.3 Å². The van der Waals surface area contributed by atoms with Crippen molar-refractivity contribution in [2.75, 3.05) is 90.6 Å². The minimum Gasteiger partial charge on any atom is -0.479 e. The first kappa shape index (κ1) is 72.0. The van der Waals surface area contributed by atoms with Crippen LogP contribution in [0.15, 0.2) is 48.5 Å². The van der Waals surface area contributed by atoms with E-state index in [1.54, 1.807) is 13.8 Å². The number of carbonyl (C=O) groups excluding carboxylic acids is 7. The number of hydrogen-bond donors (Lipinski definition) is 2. The highest BCUT2D eigenvalue weighted by Crippen LogP contribution is 2.27. The first-order chi connectivity index (χ1) is 40.3. The summed E-state index contributed by atoms with van der Waals surface area (Å²) in [6.45, 7) is 20.1. The minimum absolute atomic E-state index is 0.0162. The Morgan fingerprint density at radius 1 is 0.535 bits per heavy atom. The van der Waals surface area contributed by atoms with E-state index in [-0.39, 0.29) is 56.8 Å². The molecule has 482 valence electrons. The lowest BCUT2D eigenvalue weighted by Crippen LogP contribution is -2.54. The third-order valence-electron chi connectivity index (χ3n) is 15.3. The highest BCUT2D eigenvalue weighted by molar-refractivity contribution is 5.93. The van der Waals surface area contributed by atoms with E-state index in [0.29, 0.717) is 45.9 Å². The van der Waals surface area contributed by atoms with E-state index in [9.17, 15) is 47.9 Å². The summed E-state index contributed by atoms with van der Waals surface area (Å²) in [5.41, 5.74) is -0.361. The van der Waals surface area contributed by atoms with Gasteiger partial charge in [0.25, 0.3) is 17.7 Å². The minimum atomic E-state index is -2.13. The molecule has 23 heteroatoms. The van der Waals surface area contributed by atoms with Crippen molar-refractivity contribution < 1.29 is 80.7 Å². The quantitative estimate of drug-likeness (QED) is 0.0571. The Morgan fingerprint density at radius 3 is 1.34 bits per heavy atom. The molecule has 0 saturated carbocycles. The third-order valence-corrected chi connectivity index (χ3v) is 15.3. The molecule has 0 spiro atoms. The predicted molar refractivity (Wildman–Crippen MR) is 320 cm³/mol. The fourth-order valence-corrected chi connectivity index (χ4v) is 10.1. The van der Waals surface area contributed by atoms with E-state index in [4.69, 9.17) is 28.4 Å². The molecule has 0 radical (unpaired) electrons. The molecule has 2 aliphatic heterocycles. The van der Waals surface area contributed by atoms with Gasteiger partial charge in [0.15, 0.2) is 24.4 Å². The van der Waals surface area contributed by atoms with Crippen molar-refractivity contribution in [2.45, 2.75) is 187 Å². The molecule has 0 aromatic heterocycles. The molecule has 0 unspecified atom stereocenters. The standard InChI is InChI=1S/C63H96F2N6O15/c1-40(2)15-26-49(67(12)55(73)52(85-58(77)48(66-11)38-62(7,8)64)27-20-44-16-22-46(23-17-44)70-29-33-81-34-30-70)59(78)83-42(5)54(72)69(14)51(39-63(9,10)65)61(80)86-53(28-21-45-18-24-47(25-19-45)71-31-35-82-36-32-71)56(74)68(13)50(37-41(3)4)60(79)84-43(6)57(75)76/h16-19,22-25,40-43,48-53,66H,15,20-21,26-39H2,1-14H3,(H,75,76)/t42-,43-,48+,49+,50+,51+,52-,53-/m1/s1. The van der Waals surface area contributed by atoms with E-state index in [1.165, 1.54) is 69.7 Å². The average Bonchev–Trinajstić information content (AvgIpc) is 2.32. The molecule has 0 aliphatic carbocycles. The van der Waals surface area contributed by atoms with E-state index in [1.807, 2.05) is 62.4 Å². The molecule has 2 saturated heterocycles. The average molecular weight is 1220 g/mol. The Morgan fingerprint density at radius 2 is 0.930 bits per heavy atom. The molecular formula is C63H96F2N6O15. The van der Waals surface area contributed by atoms with Gasteiger partial charge in [-0.05, 0) is 141 Å². The van der Waals surface area contributed by atoms with Gasteiger partial charge in [-0.15, -0.1) is 0 Å². The second-order valence-electron chi connectivity index (χ2n) is 24.6. The molecule has 2 aromatic carbocycles. The van der Waals surface area contributed by atoms with Gasteiger partial charge in [0.1, 0.15) is 35.5 Å². The van der Waals surface area contributed by atoms with Gasteiger partial charge < -0.3 is 63.3 Å². The van der Waals surface area contributed by atoms with Crippen molar-refractivity contribution in [3.05, 3.63) is 59.7 Å². The van der Waals surface area contributed by atoms with Crippen LogP contribution in [-0.4, -0.2) is 208 Å². The molecule has 3 amide bonds. The Bertz CT molecular complexity index is 2530. The van der Waals surface area contributed by atoms with Crippen molar-refractivity contribution in [1.29, 1.82) is 0 Å². The highest BCUT2D eigenvalue weighted by atomic mass is 19.1. The van der Waals surface area contributed by atoms with Crippen molar-refractivity contribution in [2.24, 2.45) is 11.8 Å². The summed E-state index contributed by atoms with van der Waals surface area (Å²) < 4.78 is 64.8. The number of nitrogens with zero attached hydrogens (tertiary/aromatic N) is 5. The number of aryl methyl sites for hydroxylation is 2. The molecule has 2 fully saturated rings. The van der Waals surface area contributed by atoms with Crippen molar-refractivity contribution in [3.8, 4) is 0 Å². The number of amides is 3. The SMILES string of the molecule is CN[C@@H](CC(C)(C)F)C(=O)O[C@H](CCc1ccc(N2CCOCC2)cc1)C(=O)N(C)[C@@H](CCC(C)C)C(=O)O[C@H](C)C(=O)N(C)[C@@H](CC(C)(C)F)C(=O)O[C@H](CCc1ccc(N2CCOCC2)cc1)C(=O)N(C)[C@@H](CC(C)C)C(=O)O[C@H](C)C(=O)O. The number of alkyl halides is 2. The predicted octanol–water partition coefficient (Wildman–Crippen LogP) is 6.52. The molecule has 2 heterocycles. The monoisotopic (exact) mass is 1210 g/mol. The summed E-state index contributed by atoms with van der Waals surface area (Å²) in [5, 5.41) is 12.3. The zero-order valence-electron chi connectivity index (χ0n) is 53.1. The number of nitrogens with one attached hydrogen (secondary N) is 1. The molecular weight excluding hydrogens is 1120 g/mol. The number of halogens is 2. The van der Waals surface area contributed by atoms with Crippen LogP contribution < -0.4 is 15.1 Å². The molecule has 2 aromatic rings. The summed E-state index contributed by atoms with van der Waals surface area (Å²) in [6.07, 6.45) is -6.39. The smallest absolute Gasteiger partial charge is 0.344 e. The van der Waals surface area contributed by atoms with Crippen molar-refractivity contribution in [3.63, 3.8) is 0 Å². The topological polar surface area (TPSA) is 240 Å². The number of rotatable bonds is 33. The van der Waals surface area contributed by atoms with E-state index >= 15 is 4.39 Å². The van der Waals surface area contributed by atoms with Gasteiger partial charge in [0.05, 0.1) is 26.4 Å². The maximum atomic E-state index is 15.9. The number of benzene rings is 2. The molecule has 8 atom stereocenters. The zero-order valence-corrected chi connectivity index (χ0v) is 53.1. The zero-order chi connectivity index (χ0) is 64.2. The number of carboxylic acid groups (broad SMARTS) is 1. The number of hydrogen-bond acceptors (Lipinski definition) is 17. The first-order valence-corrected chi connectivity index (χ1v) is 30.0. The number of aliphatic carboxylic acids is 1. The van der Waals surface area contributed by atoms with E-state index < -0.39 is 114 Å². The normalized spacial score (nSPS) is 16.8. The van der Waals surface area contributed by atoms with Gasteiger partial charge >= 0.3 is 29.8 Å². The number of morpholine rings is 2. The second-order valence-corrected chi connectivity index (χ2v) is 24.6. The summed E-state index contributed by atoms with van der Waals surface area (Å²) in [4.78, 5) is 119. The van der Waals surface area contributed by atoms with Gasteiger partial charge in [-0.25, -0.2) is 28.0 Å². The summed E-state index contributed by atoms with van der Waals surface area (Å²) in [7, 11) is 5.34. The van der Waals surface area contributed by atoms with Crippen molar-refractivity contribution >= 4 is 58.9 Å². The van der Waals surface area contributed by atoms with Gasteiger partial charge in [-0.2, -0.15) is 0 Å². The molecule has 0 bridgehead atoms. The van der Waals surface area contributed by atoms with Crippen LogP contribution in [0.5, 0.6) is 0 Å². The Balaban J connectivity index is 1.63. The van der Waals surface area contributed by atoms with E-state index in [2.05, 4.69) is 15.1 Å². The number of carboxylic acids is 1. The lowest BCUT2D eigenvalue weighted by atomic mass is 9.98. The Kier molecular flexibility index (Phi) is 28.1. The van der Waals surface area contributed by atoms with Crippen LogP contribution in [0.2, 0.25) is 0 Å². The van der Waals surface area contributed by atoms with Gasteiger partial charge in [-0.3, -0.25) is 19.2 Å². The lowest BCUT2D eigenvalue weighted by molar-refractivity contribution is -0.175. The van der Waals surface area contributed by atoms with Gasteiger partial charge in [0, 0.05) is 71.5 Å². The molecule has 86 heavy (non-hydrogen) atoms.